The average Bonchev–Trinajstić information content (AvgIpc) is 2.94. The van der Waals surface area contributed by atoms with Crippen LogP contribution in [0.25, 0.3) is 11.1 Å². The summed E-state index contributed by atoms with van der Waals surface area (Å²) >= 11 is 0. The van der Waals surface area contributed by atoms with Crippen LogP contribution in [0.4, 0.5) is 9.18 Å². The fraction of sp³-hybridized carbons (Fsp3) is 0.533. The van der Waals surface area contributed by atoms with Crippen molar-refractivity contribution in [1.82, 2.24) is 10.2 Å². The Morgan fingerprint density at radius 1 is 1.28 bits per heavy atom. The van der Waals surface area contributed by atoms with Crippen LogP contribution in [0.2, 0.25) is 0 Å². The van der Waals surface area contributed by atoms with Crippen molar-refractivity contribution < 1.29 is 28.6 Å². The van der Waals surface area contributed by atoms with E-state index in [1.54, 1.807) is 24.1 Å². The number of methoxy groups -OCH3 is 1. The number of hydrogen-bond donors (Lipinski definition) is 3. The highest BCUT2D eigenvalue weighted by Gasteiger charge is 2.43. The third-order valence-corrected chi connectivity index (χ3v) is 7.67. The molecule has 214 valence electrons. The van der Waals surface area contributed by atoms with Gasteiger partial charge >= 0.3 is 6.09 Å². The molecular weight excluding hydrogens is 501 g/mol. The first-order chi connectivity index (χ1) is 18.7. The molecule has 2 aromatic carbocycles. The lowest BCUT2D eigenvalue weighted by Gasteiger charge is -2.44. The largest absolute Gasteiger partial charge is 0.450 e. The number of aryl methyl sites for hydroxylation is 1. The van der Waals surface area contributed by atoms with Crippen LogP contribution in [0, 0.1) is 11.7 Å². The Labute approximate surface area is 230 Å². The predicted octanol–water partition coefficient (Wildman–Crippen LogP) is 3.98. The van der Waals surface area contributed by atoms with E-state index in [1.807, 2.05) is 38.2 Å². The third kappa shape index (κ3) is 7.77. The van der Waals surface area contributed by atoms with Gasteiger partial charge in [-0.15, -0.1) is 0 Å². The number of benzene rings is 2. The molecule has 1 aliphatic rings. The Morgan fingerprint density at radius 3 is 2.74 bits per heavy atom. The van der Waals surface area contributed by atoms with Gasteiger partial charge in [0.2, 0.25) is 5.91 Å². The summed E-state index contributed by atoms with van der Waals surface area (Å²) in [5.74, 6) is -0.827. The van der Waals surface area contributed by atoms with Crippen LogP contribution >= 0.6 is 0 Å². The first kappa shape index (κ1) is 30.5. The summed E-state index contributed by atoms with van der Waals surface area (Å²) in [5.41, 5.74) is 6.22. The number of nitrogens with one attached hydrogen (secondary N) is 1. The molecule has 0 aliphatic carbocycles. The lowest BCUT2D eigenvalue weighted by molar-refractivity contribution is -0.139. The quantitative estimate of drug-likeness (QED) is 0.329. The Balaban J connectivity index is 1.99. The molecular formula is C30H42FN3O5. The van der Waals surface area contributed by atoms with Crippen molar-refractivity contribution in [3.8, 4) is 11.1 Å². The van der Waals surface area contributed by atoms with E-state index in [0.29, 0.717) is 55.6 Å². The van der Waals surface area contributed by atoms with Gasteiger partial charge < -0.3 is 30.5 Å². The zero-order valence-corrected chi connectivity index (χ0v) is 23.2. The summed E-state index contributed by atoms with van der Waals surface area (Å²) in [4.78, 5) is 26.1. The van der Waals surface area contributed by atoms with Gasteiger partial charge in [0.05, 0.1) is 24.7 Å². The molecule has 9 heteroatoms. The van der Waals surface area contributed by atoms with E-state index in [-0.39, 0.29) is 37.4 Å². The molecule has 0 radical (unpaired) electrons. The SMILES string of the molecule is CCc1cccc(-c2c(F)cccc2[C@](O)(CCCOC(N)=O)C2CCCN(C(=O)C[C@H](CNC)OC)C2)c1. The Morgan fingerprint density at radius 2 is 2.05 bits per heavy atom. The highest BCUT2D eigenvalue weighted by atomic mass is 19.1. The Bertz CT molecular complexity index is 1110. The van der Waals surface area contributed by atoms with Crippen LogP contribution in [-0.2, 0) is 26.3 Å². The topological polar surface area (TPSA) is 114 Å². The molecule has 8 nitrogen and oxygen atoms in total. The van der Waals surface area contributed by atoms with Crippen molar-refractivity contribution >= 4 is 12.0 Å². The molecule has 39 heavy (non-hydrogen) atoms. The van der Waals surface area contributed by atoms with Gasteiger partial charge in [0.1, 0.15) is 5.82 Å². The highest BCUT2D eigenvalue weighted by Crippen LogP contribution is 2.44. The number of likely N-dealkylation sites (N-methyl/N-ethyl adjacent to an activating group) is 1. The summed E-state index contributed by atoms with van der Waals surface area (Å²) < 4.78 is 25.9. The van der Waals surface area contributed by atoms with Gasteiger partial charge in [0, 0.05) is 38.2 Å². The summed E-state index contributed by atoms with van der Waals surface area (Å²) in [6, 6.07) is 12.4. The van der Waals surface area contributed by atoms with E-state index in [0.717, 1.165) is 12.0 Å². The number of halogens is 1. The number of amides is 2. The second-order valence-corrected chi connectivity index (χ2v) is 10.2. The zero-order chi connectivity index (χ0) is 28.4. The summed E-state index contributed by atoms with van der Waals surface area (Å²) in [7, 11) is 3.39. The zero-order valence-electron chi connectivity index (χ0n) is 23.2. The van der Waals surface area contributed by atoms with Crippen LogP contribution in [0.3, 0.4) is 0 Å². The molecule has 0 spiro atoms. The molecule has 0 aromatic heterocycles. The smallest absolute Gasteiger partial charge is 0.404 e. The van der Waals surface area contributed by atoms with Gasteiger partial charge in [-0.25, -0.2) is 9.18 Å². The lowest BCUT2D eigenvalue weighted by Crippen LogP contribution is -2.49. The van der Waals surface area contributed by atoms with Gasteiger partial charge in [-0.05, 0) is 61.9 Å². The summed E-state index contributed by atoms with van der Waals surface area (Å²) in [6.07, 6.45) is 1.77. The summed E-state index contributed by atoms with van der Waals surface area (Å²) in [5, 5.41) is 15.5. The van der Waals surface area contributed by atoms with Crippen molar-refractivity contribution in [2.45, 2.75) is 57.2 Å². The van der Waals surface area contributed by atoms with E-state index in [2.05, 4.69) is 5.32 Å². The van der Waals surface area contributed by atoms with E-state index >= 15 is 4.39 Å². The molecule has 3 atom stereocenters. The number of aliphatic hydroxyl groups is 1. The first-order valence-corrected chi connectivity index (χ1v) is 13.7. The molecule has 1 unspecified atom stereocenters. The number of nitrogens with two attached hydrogens (primary N) is 1. The second-order valence-electron chi connectivity index (χ2n) is 10.2. The number of nitrogens with zero attached hydrogens (tertiary/aromatic N) is 1. The first-order valence-electron chi connectivity index (χ1n) is 13.7. The molecule has 1 saturated heterocycles. The lowest BCUT2D eigenvalue weighted by atomic mass is 9.72. The van der Waals surface area contributed by atoms with Gasteiger partial charge in [-0.2, -0.15) is 0 Å². The van der Waals surface area contributed by atoms with Gasteiger partial charge in [0.25, 0.3) is 0 Å². The minimum absolute atomic E-state index is 0.0303. The van der Waals surface area contributed by atoms with Crippen LogP contribution in [0.5, 0.6) is 0 Å². The van der Waals surface area contributed by atoms with Crippen LogP contribution in [0.1, 0.15) is 50.2 Å². The number of likely N-dealkylation sites (tertiary alicyclic amines) is 1. The van der Waals surface area contributed by atoms with Crippen molar-refractivity contribution in [3.05, 3.63) is 59.4 Å². The highest BCUT2D eigenvalue weighted by molar-refractivity contribution is 5.77. The molecule has 1 fully saturated rings. The van der Waals surface area contributed by atoms with E-state index in [9.17, 15) is 14.7 Å². The van der Waals surface area contributed by atoms with Crippen LogP contribution in [-0.4, -0.2) is 68.5 Å². The van der Waals surface area contributed by atoms with Crippen molar-refractivity contribution in [2.75, 3.05) is 40.4 Å². The predicted molar refractivity (Wildman–Crippen MR) is 149 cm³/mol. The van der Waals surface area contributed by atoms with Crippen molar-refractivity contribution in [3.63, 3.8) is 0 Å². The van der Waals surface area contributed by atoms with E-state index in [4.69, 9.17) is 15.2 Å². The normalized spacial score (nSPS) is 17.9. The van der Waals surface area contributed by atoms with Crippen molar-refractivity contribution in [1.29, 1.82) is 0 Å². The van der Waals surface area contributed by atoms with Crippen molar-refractivity contribution in [2.24, 2.45) is 11.7 Å². The molecule has 1 heterocycles. The number of carbonyl (C=O) groups excluding carboxylic acids is 2. The number of carbonyl (C=O) groups is 2. The maximum atomic E-state index is 15.5. The average molecular weight is 544 g/mol. The fourth-order valence-electron chi connectivity index (χ4n) is 5.58. The van der Waals surface area contributed by atoms with Gasteiger partial charge in [-0.1, -0.05) is 43.3 Å². The summed E-state index contributed by atoms with van der Waals surface area (Å²) in [6.45, 7) is 3.53. The number of hydrogen-bond acceptors (Lipinski definition) is 6. The molecule has 0 bridgehead atoms. The number of primary amides is 1. The Hall–Kier alpha value is -3.01. The molecule has 0 saturated carbocycles. The van der Waals surface area contributed by atoms with Gasteiger partial charge in [-0.3, -0.25) is 4.79 Å². The molecule has 4 N–H and O–H groups in total. The molecule has 3 rings (SSSR count). The second kappa shape index (κ2) is 14.4. The monoisotopic (exact) mass is 543 g/mol. The van der Waals surface area contributed by atoms with Gasteiger partial charge in [0.15, 0.2) is 0 Å². The minimum atomic E-state index is -1.48. The maximum Gasteiger partial charge on any atom is 0.404 e. The molecule has 1 aliphatic heterocycles. The Kier molecular flexibility index (Phi) is 11.3. The number of rotatable bonds is 13. The maximum absolute atomic E-state index is 15.5. The molecule has 2 amide bonds. The van der Waals surface area contributed by atoms with Crippen LogP contribution < -0.4 is 11.1 Å². The number of piperidine rings is 1. The standard InChI is InChI=1S/C30H42FN3O5/c1-4-21-9-5-10-22(17-21)28-25(12-6-13-26(28)31)30(37,14-8-16-39-29(32)36)23-11-7-15-34(20-23)27(35)18-24(38-3)19-33-2/h5-6,9-10,12-13,17,23-24,33,37H,4,7-8,11,14-16,18-20H2,1-3H3,(H2,32,36)/t23?,24-,30+/m1/s1. The van der Waals surface area contributed by atoms with E-state index in [1.165, 1.54) is 6.07 Å². The van der Waals surface area contributed by atoms with E-state index < -0.39 is 17.5 Å². The number of ether oxygens (including phenoxy) is 2. The fourth-order valence-corrected chi connectivity index (χ4v) is 5.58. The minimum Gasteiger partial charge on any atom is -0.450 e. The van der Waals surface area contributed by atoms with Crippen LogP contribution in [0.15, 0.2) is 42.5 Å². The molecule has 2 aromatic rings. The third-order valence-electron chi connectivity index (χ3n) is 7.67.